The number of piperidine rings is 1. The second-order valence-electron chi connectivity index (χ2n) is 8.81. The Labute approximate surface area is 166 Å². The summed E-state index contributed by atoms with van der Waals surface area (Å²) in [6.07, 6.45) is 4.22. The molecule has 1 unspecified atom stereocenters. The zero-order chi connectivity index (χ0) is 19.9. The van der Waals surface area contributed by atoms with Crippen LogP contribution in [0.25, 0.3) is 0 Å². The molecular formula is C20H31N5O3. The molecule has 8 nitrogen and oxygen atoms in total. The third kappa shape index (κ3) is 3.67. The molecule has 0 radical (unpaired) electrons. The van der Waals surface area contributed by atoms with Gasteiger partial charge in [-0.05, 0) is 38.8 Å². The Balaban J connectivity index is 1.35. The maximum atomic E-state index is 13.1. The molecule has 0 saturated carbocycles. The summed E-state index contributed by atoms with van der Waals surface area (Å²) in [6.45, 7) is 7.66. The van der Waals surface area contributed by atoms with E-state index in [0.717, 1.165) is 52.0 Å². The van der Waals surface area contributed by atoms with Gasteiger partial charge in [0.15, 0.2) is 11.6 Å². The minimum Gasteiger partial charge on any atom is -0.448 e. The number of likely N-dealkylation sites (N-methyl/N-ethyl adjacent to an activating group) is 2. The fourth-order valence-corrected chi connectivity index (χ4v) is 4.95. The van der Waals surface area contributed by atoms with Crippen LogP contribution in [0.3, 0.4) is 0 Å². The molecule has 28 heavy (non-hydrogen) atoms. The SMILES string of the molecule is Cc1nc(C(=O)N2CCC3(CC2)CC(C(=O)N2CCN(C)CC2)N(C)C3)co1. The molecule has 0 N–H and O–H groups in total. The van der Waals surface area contributed by atoms with Crippen molar-refractivity contribution in [2.24, 2.45) is 5.41 Å². The summed E-state index contributed by atoms with van der Waals surface area (Å²) in [7, 11) is 4.18. The van der Waals surface area contributed by atoms with Gasteiger partial charge in [-0.25, -0.2) is 4.98 Å². The molecule has 154 valence electrons. The highest BCUT2D eigenvalue weighted by Crippen LogP contribution is 2.43. The predicted octanol–water partition coefficient (Wildman–Crippen LogP) is 0.684. The Morgan fingerprint density at radius 3 is 2.36 bits per heavy atom. The van der Waals surface area contributed by atoms with E-state index in [2.05, 4.69) is 28.9 Å². The zero-order valence-electron chi connectivity index (χ0n) is 17.2. The van der Waals surface area contributed by atoms with E-state index in [-0.39, 0.29) is 23.3 Å². The standard InChI is InChI=1S/C20H31N5O3/c1-15-21-16(13-28-15)18(26)24-6-4-20(5-7-24)12-17(23(3)14-20)19(27)25-10-8-22(2)9-11-25/h13,17H,4-12,14H2,1-3H3. The molecule has 1 aromatic rings. The third-order valence-corrected chi connectivity index (χ3v) is 6.79. The molecule has 1 aromatic heterocycles. The van der Waals surface area contributed by atoms with Crippen LogP contribution in [0.1, 0.15) is 35.6 Å². The van der Waals surface area contributed by atoms with Crippen LogP contribution in [0.15, 0.2) is 10.7 Å². The van der Waals surface area contributed by atoms with Crippen LogP contribution in [-0.4, -0.2) is 102 Å². The Bertz CT molecular complexity index is 732. The Morgan fingerprint density at radius 2 is 1.75 bits per heavy atom. The molecule has 1 spiro atoms. The molecular weight excluding hydrogens is 358 g/mol. The molecule has 0 aliphatic carbocycles. The number of carbonyl (C=O) groups is 2. The van der Waals surface area contributed by atoms with Crippen molar-refractivity contribution in [1.29, 1.82) is 0 Å². The van der Waals surface area contributed by atoms with Crippen molar-refractivity contribution in [2.75, 3.05) is 59.9 Å². The highest BCUT2D eigenvalue weighted by atomic mass is 16.3. The quantitative estimate of drug-likeness (QED) is 0.741. The first-order chi connectivity index (χ1) is 13.4. The van der Waals surface area contributed by atoms with Crippen LogP contribution >= 0.6 is 0 Å². The van der Waals surface area contributed by atoms with Crippen molar-refractivity contribution in [1.82, 2.24) is 24.6 Å². The summed E-state index contributed by atoms with van der Waals surface area (Å²) in [5, 5.41) is 0. The number of aryl methyl sites for hydroxylation is 1. The van der Waals surface area contributed by atoms with Crippen molar-refractivity contribution in [3.8, 4) is 0 Å². The van der Waals surface area contributed by atoms with Gasteiger partial charge in [0, 0.05) is 52.7 Å². The lowest BCUT2D eigenvalue weighted by molar-refractivity contribution is -0.137. The average Bonchev–Trinajstić information content (AvgIpc) is 3.25. The maximum Gasteiger partial charge on any atom is 0.275 e. The van der Waals surface area contributed by atoms with Crippen molar-refractivity contribution in [2.45, 2.75) is 32.2 Å². The highest BCUT2D eigenvalue weighted by molar-refractivity contribution is 5.92. The van der Waals surface area contributed by atoms with Gasteiger partial charge >= 0.3 is 0 Å². The molecule has 3 saturated heterocycles. The Morgan fingerprint density at radius 1 is 1.07 bits per heavy atom. The molecule has 1 atom stereocenters. The largest absolute Gasteiger partial charge is 0.448 e. The number of carbonyl (C=O) groups excluding carboxylic acids is 2. The average molecular weight is 390 g/mol. The van der Waals surface area contributed by atoms with Crippen LogP contribution in [-0.2, 0) is 4.79 Å². The van der Waals surface area contributed by atoms with Crippen LogP contribution in [0.4, 0.5) is 0 Å². The minimum absolute atomic E-state index is 0.0242. The second kappa shape index (κ2) is 7.48. The van der Waals surface area contributed by atoms with Gasteiger partial charge in [0.25, 0.3) is 5.91 Å². The van der Waals surface area contributed by atoms with Crippen molar-refractivity contribution in [3.63, 3.8) is 0 Å². The molecule has 8 heteroatoms. The Hall–Kier alpha value is -1.93. The van der Waals surface area contributed by atoms with Gasteiger partial charge in [-0.3, -0.25) is 14.5 Å². The number of likely N-dealkylation sites (tertiary alicyclic amines) is 2. The molecule has 4 heterocycles. The van der Waals surface area contributed by atoms with Gasteiger partial charge < -0.3 is 19.1 Å². The predicted molar refractivity (Wildman–Crippen MR) is 104 cm³/mol. The summed E-state index contributed by atoms with van der Waals surface area (Å²) in [4.78, 5) is 38.3. The highest BCUT2D eigenvalue weighted by Gasteiger charge is 2.48. The lowest BCUT2D eigenvalue weighted by atomic mass is 9.76. The molecule has 3 aliphatic rings. The van der Waals surface area contributed by atoms with Crippen LogP contribution in [0.5, 0.6) is 0 Å². The second-order valence-corrected chi connectivity index (χ2v) is 8.81. The lowest BCUT2D eigenvalue weighted by Crippen LogP contribution is -2.52. The van der Waals surface area contributed by atoms with E-state index in [1.807, 2.05) is 9.80 Å². The lowest BCUT2D eigenvalue weighted by Gasteiger charge is -2.39. The van der Waals surface area contributed by atoms with Gasteiger partial charge in [0.05, 0.1) is 6.04 Å². The van der Waals surface area contributed by atoms with Gasteiger partial charge in [-0.1, -0.05) is 0 Å². The summed E-state index contributed by atoms with van der Waals surface area (Å²) >= 11 is 0. The van der Waals surface area contributed by atoms with E-state index in [1.54, 1.807) is 6.92 Å². The van der Waals surface area contributed by atoms with E-state index in [9.17, 15) is 9.59 Å². The number of aromatic nitrogens is 1. The van der Waals surface area contributed by atoms with Crippen LogP contribution in [0, 0.1) is 12.3 Å². The third-order valence-electron chi connectivity index (χ3n) is 6.79. The zero-order valence-corrected chi connectivity index (χ0v) is 17.2. The van der Waals surface area contributed by atoms with Crippen molar-refractivity contribution in [3.05, 3.63) is 17.8 Å². The monoisotopic (exact) mass is 389 g/mol. The maximum absolute atomic E-state index is 13.1. The fourth-order valence-electron chi connectivity index (χ4n) is 4.95. The molecule has 2 amide bonds. The van der Waals surface area contributed by atoms with Gasteiger partial charge in [-0.2, -0.15) is 0 Å². The molecule has 3 aliphatic heterocycles. The molecule has 0 bridgehead atoms. The summed E-state index contributed by atoms with van der Waals surface area (Å²) in [6, 6.07) is -0.0242. The van der Waals surface area contributed by atoms with Gasteiger partial charge in [-0.15, -0.1) is 0 Å². The number of piperazine rings is 1. The first-order valence-electron chi connectivity index (χ1n) is 10.3. The Kier molecular flexibility index (Phi) is 5.18. The number of hydrogen-bond donors (Lipinski definition) is 0. The van der Waals surface area contributed by atoms with Crippen molar-refractivity contribution < 1.29 is 14.0 Å². The normalized spacial score (nSPS) is 26.2. The number of rotatable bonds is 2. The van der Waals surface area contributed by atoms with E-state index in [1.165, 1.54) is 6.26 Å². The van der Waals surface area contributed by atoms with E-state index >= 15 is 0 Å². The smallest absolute Gasteiger partial charge is 0.275 e. The number of amides is 2. The number of oxazole rings is 1. The molecule has 3 fully saturated rings. The summed E-state index contributed by atoms with van der Waals surface area (Å²) in [5.41, 5.74) is 0.526. The topological polar surface area (TPSA) is 73.1 Å². The summed E-state index contributed by atoms with van der Waals surface area (Å²) in [5.74, 6) is 0.742. The number of nitrogens with zero attached hydrogens (tertiary/aromatic N) is 5. The first kappa shape index (κ1) is 19.4. The van der Waals surface area contributed by atoms with E-state index in [0.29, 0.717) is 24.7 Å². The first-order valence-corrected chi connectivity index (χ1v) is 10.3. The van der Waals surface area contributed by atoms with Crippen LogP contribution in [0.2, 0.25) is 0 Å². The minimum atomic E-state index is -0.0527. The van der Waals surface area contributed by atoms with Crippen LogP contribution < -0.4 is 0 Å². The van der Waals surface area contributed by atoms with E-state index in [4.69, 9.17) is 4.42 Å². The molecule has 4 rings (SSSR count). The fraction of sp³-hybridized carbons (Fsp3) is 0.750. The van der Waals surface area contributed by atoms with Crippen molar-refractivity contribution >= 4 is 11.8 Å². The molecule has 0 aromatic carbocycles. The van der Waals surface area contributed by atoms with Gasteiger partial charge in [0.2, 0.25) is 5.91 Å². The van der Waals surface area contributed by atoms with E-state index < -0.39 is 0 Å². The number of hydrogen-bond acceptors (Lipinski definition) is 6. The van der Waals surface area contributed by atoms with Gasteiger partial charge in [0.1, 0.15) is 6.26 Å². The summed E-state index contributed by atoms with van der Waals surface area (Å²) < 4.78 is 5.18.